The third-order valence-corrected chi connectivity index (χ3v) is 3.70. The van der Waals surface area contributed by atoms with Crippen LogP contribution in [0, 0.1) is 0 Å². The minimum atomic E-state index is 0.365. The van der Waals surface area contributed by atoms with Crippen molar-refractivity contribution in [1.82, 2.24) is 19.6 Å². The number of nitrogens with zero attached hydrogens (tertiary/aromatic N) is 4. The average Bonchev–Trinajstić information content (AvgIpc) is 3.21. The summed E-state index contributed by atoms with van der Waals surface area (Å²) in [5.41, 5.74) is 1.31. The lowest BCUT2D eigenvalue weighted by molar-refractivity contribution is 0.475. The summed E-state index contributed by atoms with van der Waals surface area (Å²) in [7, 11) is 0. The van der Waals surface area contributed by atoms with Crippen LogP contribution in [0.15, 0.2) is 36.8 Å². The molecule has 0 radical (unpaired) electrons. The molecule has 1 saturated carbocycles. The Bertz CT molecular complexity index is 782. The van der Waals surface area contributed by atoms with E-state index in [9.17, 15) is 0 Å². The second kappa shape index (κ2) is 4.45. The van der Waals surface area contributed by atoms with E-state index in [-0.39, 0.29) is 0 Å². The molecule has 0 saturated heterocycles. The van der Waals surface area contributed by atoms with Crippen LogP contribution in [-0.4, -0.2) is 19.6 Å². The first-order valence-corrected chi connectivity index (χ1v) is 6.81. The van der Waals surface area contributed by atoms with Crippen molar-refractivity contribution >= 4 is 17.4 Å². The first-order valence-electron chi connectivity index (χ1n) is 6.43. The summed E-state index contributed by atoms with van der Waals surface area (Å²) >= 11 is 6.24. The lowest BCUT2D eigenvalue weighted by atomic mass is 10.1. The van der Waals surface area contributed by atoms with Crippen LogP contribution in [0.4, 0.5) is 0 Å². The summed E-state index contributed by atoms with van der Waals surface area (Å²) in [5, 5.41) is 4.37. The molecule has 4 rings (SSSR count). The molecule has 0 bridgehead atoms. The zero-order chi connectivity index (χ0) is 13.5. The molecule has 0 atom stereocenters. The maximum absolute atomic E-state index is 6.24. The highest BCUT2D eigenvalue weighted by Gasteiger charge is 2.23. The fourth-order valence-corrected chi connectivity index (χ4v) is 2.39. The lowest BCUT2D eigenvalue weighted by Crippen LogP contribution is -1.96. The van der Waals surface area contributed by atoms with Gasteiger partial charge in [-0.3, -0.25) is 0 Å². The van der Waals surface area contributed by atoms with E-state index in [1.807, 2.05) is 12.1 Å². The smallest absolute Gasteiger partial charge is 0.253 e. The molecular formula is C14H11ClN4O. The van der Waals surface area contributed by atoms with Gasteiger partial charge in [0.15, 0.2) is 10.9 Å². The summed E-state index contributed by atoms with van der Waals surface area (Å²) in [5.74, 6) is 2.37. The minimum absolute atomic E-state index is 0.365. The molecule has 0 aliphatic heterocycles. The Hall–Kier alpha value is -2.14. The van der Waals surface area contributed by atoms with Gasteiger partial charge in [0.2, 0.25) is 0 Å². The number of rotatable bonds is 3. The van der Waals surface area contributed by atoms with E-state index in [2.05, 4.69) is 27.2 Å². The van der Waals surface area contributed by atoms with Crippen molar-refractivity contribution in [1.29, 1.82) is 0 Å². The normalized spacial score (nSPS) is 14.7. The van der Waals surface area contributed by atoms with Crippen LogP contribution in [0.3, 0.4) is 0 Å². The zero-order valence-corrected chi connectivity index (χ0v) is 11.3. The van der Waals surface area contributed by atoms with E-state index >= 15 is 0 Å². The van der Waals surface area contributed by atoms with Crippen LogP contribution >= 0.6 is 11.6 Å². The Morgan fingerprint density at radius 3 is 3.00 bits per heavy atom. The third-order valence-electron chi connectivity index (χ3n) is 3.35. The van der Waals surface area contributed by atoms with Crippen molar-refractivity contribution in [2.24, 2.45) is 0 Å². The van der Waals surface area contributed by atoms with Gasteiger partial charge in [0.05, 0.1) is 6.20 Å². The first-order chi connectivity index (χ1) is 9.81. The van der Waals surface area contributed by atoms with Gasteiger partial charge < -0.3 is 4.74 Å². The van der Waals surface area contributed by atoms with Gasteiger partial charge in [-0.05, 0) is 36.5 Å². The second-order valence-corrected chi connectivity index (χ2v) is 5.19. The number of hydrogen-bond acceptors (Lipinski definition) is 4. The first kappa shape index (κ1) is 11.7. The number of hydrogen-bond donors (Lipinski definition) is 0. The fourth-order valence-electron chi connectivity index (χ4n) is 2.18. The zero-order valence-electron chi connectivity index (χ0n) is 10.5. The minimum Gasteiger partial charge on any atom is -0.452 e. The number of halogens is 1. The summed E-state index contributed by atoms with van der Waals surface area (Å²) in [6.07, 6.45) is 5.50. The quantitative estimate of drug-likeness (QED) is 0.692. The van der Waals surface area contributed by atoms with Gasteiger partial charge in [-0.2, -0.15) is 14.6 Å². The third kappa shape index (κ3) is 2.00. The van der Waals surface area contributed by atoms with Gasteiger partial charge in [0.25, 0.3) is 5.78 Å². The standard InChI is InChI=1S/C14H11ClN4O/c15-13-12(7-16-14-17-8-18-19(13)14)20-11-3-1-2-10(6-11)9-4-5-9/h1-3,6-9H,4-5H2. The highest BCUT2D eigenvalue weighted by molar-refractivity contribution is 6.31. The SMILES string of the molecule is Clc1c(Oc2cccc(C3CC3)c2)cnc2ncnn12. The van der Waals surface area contributed by atoms with Crippen molar-refractivity contribution < 1.29 is 4.74 Å². The Morgan fingerprint density at radius 1 is 1.25 bits per heavy atom. The number of ether oxygens (including phenoxy) is 1. The van der Waals surface area contributed by atoms with Gasteiger partial charge in [-0.15, -0.1) is 0 Å². The second-order valence-electron chi connectivity index (χ2n) is 4.83. The molecular weight excluding hydrogens is 276 g/mol. The van der Waals surface area contributed by atoms with Crippen molar-refractivity contribution in [3.63, 3.8) is 0 Å². The highest BCUT2D eigenvalue weighted by Crippen LogP contribution is 2.41. The Labute approximate surface area is 120 Å². The molecule has 2 aromatic heterocycles. The molecule has 100 valence electrons. The van der Waals surface area contributed by atoms with Gasteiger partial charge >= 0.3 is 0 Å². The van der Waals surface area contributed by atoms with Gasteiger partial charge in [0, 0.05) is 0 Å². The molecule has 0 N–H and O–H groups in total. The molecule has 0 spiro atoms. The van der Waals surface area contributed by atoms with E-state index in [0.717, 1.165) is 5.75 Å². The van der Waals surface area contributed by atoms with Crippen LogP contribution < -0.4 is 4.74 Å². The van der Waals surface area contributed by atoms with E-state index in [0.29, 0.717) is 22.6 Å². The summed E-state index contributed by atoms with van der Waals surface area (Å²) < 4.78 is 7.27. The van der Waals surface area contributed by atoms with Crippen molar-refractivity contribution in [2.45, 2.75) is 18.8 Å². The molecule has 6 heteroatoms. The summed E-state index contributed by atoms with van der Waals surface area (Å²) in [4.78, 5) is 8.12. The molecule has 1 aliphatic rings. The highest BCUT2D eigenvalue weighted by atomic mass is 35.5. The van der Waals surface area contributed by atoms with Crippen LogP contribution in [0.2, 0.25) is 5.15 Å². The summed E-state index contributed by atoms with van der Waals surface area (Å²) in [6, 6.07) is 8.09. The molecule has 0 amide bonds. The molecule has 1 aromatic carbocycles. The van der Waals surface area contributed by atoms with Gasteiger partial charge in [-0.1, -0.05) is 23.7 Å². The maximum Gasteiger partial charge on any atom is 0.253 e. The van der Waals surface area contributed by atoms with Crippen LogP contribution in [-0.2, 0) is 0 Å². The molecule has 3 aromatic rings. The van der Waals surface area contributed by atoms with Crippen LogP contribution in [0.25, 0.3) is 5.78 Å². The predicted octanol–water partition coefficient (Wildman–Crippen LogP) is 3.45. The Kier molecular flexibility index (Phi) is 2.60. The van der Waals surface area contributed by atoms with Crippen LogP contribution in [0.5, 0.6) is 11.5 Å². The monoisotopic (exact) mass is 286 g/mol. The van der Waals surface area contributed by atoms with Crippen LogP contribution in [0.1, 0.15) is 24.3 Å². The largest absolute Gasteiger partial charge is 0.452 e. The molecule has 0 unspecified atom stereocenters. The van der Waals surface area contributed by atoms with Crippen molar-refractivity contribution in [2.75, 3.05) is 0 Å². The Morgan fingerprint density at radius 2 is 2.15 bits per heavy atom. The van der Waals surface area contributed by atoms with Gasteiger partial charge in [0.1, 0.15) is 12.1 Å². The summed E-state index contributed by atoms with van der Waals surface area (Å²) in [6.45, 7) is 0. The Balaban J connectivity index is 1.69. The maximum atomic E-state index is 6.24. The van der Waals surface area contributed by atoms with E-state index < -0.39 is 0 Å². The van der Waals surface area contributed by atoms with Crippen molar-refractivity contribution in [3.8, 4) is 11.5 Å². The number of fused-ring (bicyclic) bond motifs is 1. The lowest BCUT2D eigenvalue weighted by Gasteiger charge is -2.08. The number of aromatic nitrogens is 4. The fraction of sp³-hybridized carbons (Fsp3) is 0.214. The predicted molar refractivity (Wildman–Crippen MR) is 74.3 cm³/mol. The molecule has 2 heterocycles. The molecule has 1 fully saturated rings. The van der Waals surface area contributed by atoms with E-state index in [1.54, 1.807) is 6.20 Å². The molecule has 5 nitrogen and oxygen atoms in total. The van der Waals surface area contributed by atoms with E-state index in [4.69, 9.17) is 16.3 Å². The average molecular weight is 287 g/mol. The van der Waals surface area contributed by atoms with Gasteiger partial charge in [-0.25, -0.2) is 4.98 Å². The topological polar surface area (TPSA) is 52.3 Å². The van der Waals surface area contributed by atoms with Crippen molar-refractivity contribution in [3.05, 3.63) is 47.5 Å². The molecule has 20 heavy (non-hydrogen) atoms. The van der Waals surface area contributed by atoms with E-state index in [1.165, 1.54) is 29.2 Å². The molecule has 1 aliphatic carbocycles. The number of benzene rings is 1.